The van der Waals surface area contributed by atoms with E-state index < -0.39 is 0 Å². The number of methoxy groups -OCH3 is 1. The standard InChI is InChI=1S/C18H23N3O3/c1-4-15(18-19-11-12(2)20-18)21-17(23)10-9-16(22)13-5-7-14(24-3)8-6-13/h5-8,11,15H,4,9-10H2,1-3H3,(H,19,20)(H,21,23)/t15-/m1/s1. The van der Waals surface area contributed by atoms with Gasteiger partial charge in [-0.25, -0.2) is 4.98 Å². The molecule has 0 bridgehead atoms. The fourth-order valence-corrected chi connectivity index (χ4v) is 2.39. The van der Waals surface area contributed by atoms with Crippen molar-refractivity contribution in [1.29, 1.82) is 0 Å². The van der Waals surface area contributed by atoms with E-state index in [1.165, 1.54) is 0 Å². The van der Waals surface area contributed by atoms with Crippen LogP contribution in [0.15, 0.2) is 30.5 Å². The maximum Gasteiger partial charge on any atom is 0.221 e. The molecule has 128 valence electrons. The van der Waals surface area contributed by atoms with Crippen LogP contribution in [0.5, 0.6) is 5.75 Å². The number of nitrogens with one attached hydrogen (secondary N) is 2. The van der Waals surface area contributed by atoms with Crippen molar-refractivity contribution < 1.29 is 14.3 Å². The number of H-pyrrole nitrogens is 1. The Hall–Kier alpha value is -2.63. The molecule has 0 saturated heterocycles. The van der Waals surface area contributed by atoms with E-state index in [0.717, 1.165) is 17.9 Å². The monoisotopic (exact) mass is 329 g/mol. The number of nitrogens with zero attached hydrogens (tertiary/aromatic N) is 1. The van der Waals surface area contributed by atoms with E-state index in [2.05, 4.69) is 15.3 Å². The van der Waals surface area contributed by atoms with Crippen molar-refractivity contribution in [3.05, 3.63) is 47.5 Å². The molecule has 2 rings (SSSR count). The Balaban J connectivity index is 1.86. The molecule has 0 unspecified atom stereocenters. The quantitative estimate of drug-likeness (QED) is 0.729. The lowest BCUT2D eigenvalue weighted by atomic mass is 10.1. The maximum absolute atomic E-state index is 12.1. The summed E-state index contributed by atoms with van der Waals surface area (Å²) in [5.74, 6) is 1.22. The first-order valence-electron chi connectivity index (χ1n) is 8.01. The van der Waals surface area contributed by atoms with Gasteiger partial charge in [0.25, 0.3) is 0 Å². The third-order valence-corrected chi connectivity index (χ3v) is 3.79. The lowest BCUT2D eigenvalue weighted by Gasteiger charge is -2.14. The van der Waals surface area contributed by atoms with E-state index in [1.807, 2.05) is 13.8 Å². The Morgan fingerprint density at radius 1 is 1.25 bits per heavy atom. The van der Waals surface area contributed by atoms with Crippen LogP contribution >= 0.6 is 0 Å². The van der Waals surface area contributed by atoms with Crippen LogP contribution in [0.25, 0.3) is 0 Å². The van der Waals surface area contributed by atoms with Crippen LogP contribution in [-0.2, 0) is 4.79 Å². The molecule has 1 amide bonds. The number of amides is 1. The van der Waals surface area contributed by atoms with Crippen LogP contribution in [0.3, 0.4) is 0 Å². The van der Waals surface area contributed by atoms with Crippen molar-refractivity contribution in [1.82, 2.24) is 15.3 Å². The molecule has 2 N–H and O–H groups in total. The lowest BCUT2D eigenvalue weighted by molar-refractivity contribution is -0.121. The Kier molecular flexibility index (Phi) is 6.12. The highest BCUT2D eigenvalue weighted by Crippen LogP contribution is 2.15. The minimum Gasteiger partial charge on any atom is -0.497 e. The Labute approximate surface area is 141 Å². The Morgan fingerprint density at radius 3 is 2.50 bits per heavy atom. The topological polar surface area (TPSA) is 84.1 Å². The highest BCUT2D eigenvalue weighted by molar-refractivity contribution is 5.98. The van der Waals surface area contributed by atoms with Gasteiger partial charge in [-0.1, -0.05) is 6.92 Å². The third kappa shape index (κ3) is 4.68. The summed E-state index contributed by atoms with van der Waals surface area (Å²) >= 11 is 0. The number of aromatic amines is 1. The van der Waals surface area contributed by atoms with Crippen molar-refractivity contribution in [2.45, 2.75) is 39.2 Å². The highest BCUT2D eigenvalue weighted by Gasteiger charge is 2.16. The summed E-state index contributed by atoms with van der Waals surface area (Å²) in [6, 6.07) is 6.72. The molecule has 0 aliphatic carbocycles. The number of benzene rings is 1. The van der Waals surface area contributed by atoms with E-state index >= 15 is 0 Å². The minimum atomic E-state index is -0.165. The van der Waals surface area contributed by atoms with Crippen molar-refractivity contribution in [2.24, 2.45) is 0 Å². The molecule has 1 atom stereocenters. The number of ketones is 1. The molecule has 1 aromatic heterocycles. The van der Waals surface area contributed by atoms with Crippen LogP contribution in [0.2, 0.25) is 0 Å². The van der Waals surface area contributed by atoms with Gasteiger partial charge in [0.15, 0.2) is 5.78 Å². The number of aromatic nitrogens is 2. The van der Waals surface area contributed by atoms with Gasteiger partial charge >= 0.3 is 0 Å². The molecule has 0 spiro atoms. The van der Waals surface area contributed by atoms with Gasteiger partial charge in [0.2, 0.25) is 5.91 Å². The first kappa shape index (κ1) is 17.7. The molecular weight excluding hydrogens is 306 g/mol. The van der Waals surface area contributed by atoms with Crippen molar-refractivity contribution in [3.8, 4) is 5.75 Å². The van der Waals surface area contributed by atoms with Crippen LogP contribution in [0.4, 0.5) is 0 Å². The Morgan fingerprint density at radius 2 is 1.96 bits per heavy atom. The van der Waals surface area contributed by atoms with Gasteiger partial charge in [0.1, 0.15) is 11.6 Å². The molecule has 2 aromatic rings. The van der Waals surface area contributed by atoms with Crippen LogP contribution < -0.4 is 10.1 Å². The van der Waals surface area contributed by atoms with E-state index in [-0.39, 0.29) is 30.6 Å². The fourth-order valence-electron chi connectivity index (χ4n) is 2.39. The zero-order chi connectivity index (χ0) is 17.5. The van der Waals surface area contributed by atoms with Gasteiger partial charge in [-0.15, -0.1) is 0 Å². The number of rotatable bonds is 8. The fraction of sp³-hybridized carbons (Fsp3) is 0.389. The van der Waals surface area contributed by atoms with Crippen LogP contribution in [0, 0.1) is 6.92 Å². The predicted octanol–water partition coefficient (Wildman–Crippen LogP) is 2.96. The number of imidazole rings is 1. The largest absolute Gasteiger partial charge is 0.497 e. The summed E-state index contributed by atoms with van der Waals surface area (Å²) in [6.07, 6.45) is 2.79. The van der Waals surface area contributed by atoms with Crippen LogP contribution in [0.1, 0.15) is 54.1 Å². The normalized spacial score (nSPS) is 11.8. The summed E-state index contributed by atoms with van der Waals surface area (Å²) < 4.78 is 5.06. The van der Waals surface area contributed by atoms with Crippen molar-refractivity contribution in [3.63, 3.8) is 0 Å². The number of hydrogen-bond acceptors (Lipinski definition) is 4. The second kappa shape index (κ2) is 8.29. The first-order chi connectivity index (χ1) is 11.5. The summed E-state index contributed by atoms with van der Waals surface area (Å²) in [5, 5.41) is 2.92. The number of Topliss-reactive ketones (excluding diaryl/α,β-unsaturated/α-hetero) is 1. The minimum absolute atomic E-state index is 0.0605. The molecule has 1 heterocycles. The van der Waals surface area contributed by atoms with Crippen molar-refractivity contribution >= 4 is 11.7 Å². The molecule has 0 aliphatic rings. The van der Waals surface area contributed by atoms with Gasteiger partial charge in [-0.3, -0.25) is 9.59 Å². The number of carbonyl (C=O) groups excluding carboxylic acids is 2. The van der Waals surface area contributed by atoms with Gasteiger partial charge in [-0.2, -0.15) is 0 Å². The van der Waals surface area contributed by atoms with Gasteiger partial charge in [0.05, 0.1) is 13.2 Å². The summed E-state index contributed by atoms with van der Waals surface area (Å²) in [5.41, 5.74) is 1.53. The number of ether oxygens (including phenoxy) is 1. The van der Waals surface area contributed by atoms with Crippen LogP contribution in [-0.4, -0.2) is 28.8 Å². The van der Waals surface area contributed by atoms with E-state index in [4.69, 9.17) is 4.74 Å². The van der Waals surface area contributed by atoms with Gasteiger partial charge in [-0.05, 0) is 37.6 Å². The summed E-state index contributed by atoms with van der Waals surface area (Å²) in [6.45, 7) is 3.89. The molecule has 24 heavy (non-hydrogen) atoms. The smallest absolute Gasteiger partial charge is 0.221 e. The molecule has 6 nitrogen and oxygen atoms in total. The van der Waals surface area contributed by atoms with E-state index in [0.29, 0.717) is 11.3 Å². The van der Waals surface area contributed by atoms with Gasteiger partial charge in [0, 0.05) is 30.3 Å². The zero-order valence-electron chi connectivity index (χ0n) is 14.3. The molecule has 0 saturated carbocycles. The molecule has 0 aliphatic heterocycles. The number of hydrogen-bond donors (Lipinski definition) is 2. The molecule has 6 heteroatoms. The average molecular weight is 329 g/mol. The molecular formula is C18H23N3O3. The van der Waals surface area contributed by atoms with Crippen molar-refractivity contribution in [2.75, 3.05) is 7.11 Å². The first-order valence-corrected chi connectivity index (χ1v) is 8.01. The zero-order valence-corrected chi connectivity index (χ0v) is 14.3. The average Bonchev–Trinajstić information content (AvgIpc) is 3.03. The summed E-state index contributed by atoms with van der Waals surface area (Å²) in [4.78, 5) is 31.6. The van der Waals surface area contributed by atoms with Gasteiger partial charge < -0.3 is 15.0 Å². The Bertz CT molecular complexity index is 692. The second-order valence-corrected chi connectivity index (χ2v) is 5.63. The summed E-state index contributed by atoms with van der Waals surface area (Å²) in [7, 11) is 1.58. The number of aryl methyl sites for hydroxylation is 1. The van der Waals surface area contributed by atoms with E-state index in [1.54, 1.807) is 37.6 Å². The SMILES string of the molecule is CC[C@@H](NC(=O)CCC(=O)c1ccc(OC)cc1)c1ncc(C)[nH]1. The second-order valence-electron chi connectivity index (χ2n) is 5.63. The maximum atomic E-state index is 12.1. The highest BCUT2D eigenvalue weighted by atomic mass is 16.5. The molecule has 0 radical (unpaired) electrons. The molecule has 0 fully saturated rings. The van der Waals surface area contributed by atoms with E-state index in [9.17, 15) is 9.59 Å². The molecule has 1 aromatic carbocycles. The number of carbonyl (C=O) groups is 2. The lowest BCUT2D eigenvalue weighted by Crippen LogP contribution is -2.29. The predicted molar refractivity (Wildman–Crippen MR) is 91.1 cm³/mol. The third-order valence-electron chi connectivity index (χ3n) is 3.79.